The summed E-state index contributed by atoms with van der Waals surface area (Å²) in [7, 11) is 0. The molecule has 1 amide bonds. The molecule has 1 aliphatic carbocycles. The van der Waals surface area contributed by atoms with Gasteiger partial charge < -0.3 is 5.73 Å². The number of halogens is 3. The molecular formula is C15H18F3NO. The Kier molecular flexibility index (Phi) is 3.80. The van der Waals surface area contributed by atoms with Crippen molar-refractivity contribution in [2.45, 2.75) is 44.2 Å². The topological polar surface area (TPSA) is 43.1 Å². The van der Waals surface area contributed by atoms with Crippen molar-refractivity contribution >= 4 is 5.91 Å². The van der Waals surface area contributed by atoms with E-state index < -0.39 is 29.0 Å². The minimum Gasteiger partial charge on any atom is -0.369 e. The van der Waals surface area contributed by atoms with E-state index in [0.717, 1.165) is 12.5 Å². The molecule has 0 saturated heterocycles. The smallest absolute Gasteiger partial charge is 0.369 e. The Hall–Kier alpha value is -1.52. The molecule has 110 valence electrons. The maximum absolute atomic E-state index is 13.1. The number of benzene rings is 1. The highest BCUT2D eigenvalue weighted by molar-refractivity contribution is 5.76. The number of alkyl halides is 3. The first-order valence-electron chi connectivity index (χ1n) is 6.72. The molecule has 1 unspecified atom stereocenters. The van der Waals surface area contributed by atoms with Crippen LogP contribution >= 0.6 is 0 Å². The minimum absolute atomic E-state index is 0.312. The lowest BCUT2D eigenvalue weighted by Gasteiger charge is -2.45. The molecule has 0 aromatic heterocycles. The van der Waals surface area contributed by atoms with Gasteiger partial charge in [0.25, 0.3) is 0 Å². The fraction of sp³-hybridized carbons (Fsp3) is 0.533. The molecule has 1 saturated carbocycles. The zero-order chi connectivity index (χ0) is 15.0. The monoisotopic (exact) mass is 285 g/mol. The van der Waals surface area contributed by atoms with E-state index >= 15 is 0 Å². The highest BCUT2D eigenvalue weighted by atomic mass is 19.4. The first-order chi connectivity index (χ1) is 9.26. The summed E-state index contributed by atoms with van der Waals surface area (Å²) in [5.41, 5.74) is 4.43. The summed E-state index contributed by atoms with van der Waals surface area (Å²) in [4.78, 5) is 11.2. The van der Waals surface area contributed by atoms with E-state index in [9.17, 15) is 18.0 Å². The molecule has 1 aromatic carbocycles. The van der Waals surface area contributed by atoms with Crippen molar-refractivity contribution < 1.29 is 18.0 Å². The Morgan fingerprint density at radius 1 is 1.35 bits per heavy atom. The number of primary amides is 1. The van der Waals surface area contributed by atoms with E-state index in [1.165, 1.54) is 12.1 Å². The average Bonchev–Trinajstić information content (AvgIpc) is 2.32. The highest BCUT2D eigenvalue weighted by Crippen LogP contribution is 2.51. The molecule has 1 aliphatic rings. The van der Waals surface area contributed by atoms with Crippen LogP contribution in [-0.4, -0.2) is 5.91 Å². The standard InChI is InChI=1S/C15H18F3NO/c1-10(13(19)20)9-14(7-4-8-14)11-5-2-3-6-12(11)15(16,17)18/h2-3,5-6,10H,4,7-9H2,1H3,(H2,19,20). The van der Waals surface area contributed by atoms with Gasteiger partial charge in [-0.1, -0.05) is 31.5 Å². The quantitative estimate of drug-likeness (QED) is 0.901. The van der Waals surface area contributed by atoms with Crippen LogP contribution in [0.2, 0.25) is 0 Å². The van der Waals surface area contributed by atoms with Crippen LogP contribution in [0.3, 0.4) is 0 Å². The normalized spacial score (nSPS) is 19.2. The van der Waals surface area contributed by atoms with Gasteiger partial charge in [0.15, 0.2) is 0 Å². The van der Waals surface area contributed by atoms with Crippen LogP contribution in [0.25, 0.3) is 0 Å². The second-order valence-electron chi connectivity index (χ2n) is 5.68. The van der Waals surface area contributed by atoms with Crippen molar-refractivity contribution in [1.29, 1.82) is 0 Å². The van der Waals surface area contributed by atoms with Gasteiger partial charge in [-0.2, -0.15) is 13.2 Å². The predicted molar refractivity (Wildman–Crippen MR) is 69.9 cm³/mol. The maximum atomic E-state index is 13.1. The molecule has 0 radical (unpaired) electrons. The lowest BCUT2D eigenvalue weighted by molar-refractivity contribution is -0.139. The van der Waals surface area contributed by atoms with Crippen LogP contribution in [0.5, 0.6) is 0 Å². The Labute approximate surface area is 116 Å². The summed E-state index contributed by atoms with van der Waals surface area (Å²) in [5.74, 6) is -0.877. The van der Waals surface area contributed by atoms with E-state index in [1.54, 1.807) is 13.0 Å². The molecule has 1 atom stereocenters. The SMILES string of the molecule is CC(CC1(c2ccccc2C(F)(F)F)CCC1)C(N)=O. The molecule has 2 rings (SSSR count). The molecular weight excluding hydrogens is 267 g/mol. The summed E-state index contributed by atoms with van der Waals surface area (Å²) >= 11 is 0. The van der Waals surface area contributed by atoms with Crippen LogP contribution < -0.4 is 5.73 Å². The molecule has 0 spiro atoms. The minimum atomic E-state index is -4.37. The van der Waals surface area contributed by atoms with Crippen molar-refractivity contribution in [3.8, 4) is 0 Å². The van der Waals surface area contributed by atoms with Gasteiger partial charge in [-0.3, -0.25) is 4.79 Å². The van der Waals surface area contributed by atoms with Crippen molar-refractivity contribution in [3.05, 3.63) is 35.4 Å². The number of nitrogens with two attached hydrogens (primary N) is 1. The van der Waals surface area contributed by atoms with Gasteiger partial charge in [0.1, 0.15) is 0 Å². The fourth-order valence-electron chi connectivity index (χ4n) is 3.07. The van der Waals surface area contributed by atoms with Gasteiger partial charge in [-0.15, -0.1) is 0 Å². The van der Waals surface area contributed by atoms with Crippen LogP contribution in [0, 0.1) is 5.92 Å². The van der Waals surface area contributed by atoms with E-state index in [2.05, 4.69) is 0 Å². The number of amides is 1. The van der Waals surface area contributed by atoms with E-state index in [-0.39, 0.29) is 0 Å². The Bertz CT molecular complexity index is 506. The van der Waals surface area contributed by atoms with Crippen LogP contribution in [-0.2, 0) is 16.4 Å². The number of hydrogen-bond acceptors (Lipinski definition) is 1. The summed E-state index contributed by atoms with van der Waals surface area (Å²) < 4.78 is 39.4. The van der Waals surface area contributed by atoms with Gasteiger partial charge in [-0.05, 0) is 36.3 Å². The van der Waals surface area contributed by atoms with E-state index in [0.29, 0.717) is 24.8 Å². The van der Waals surface area contributed by atoms with Gasteiger partial charge in [0.2, 0.25) is 5.91 Å². The highest BCUT2D eigenvalue weighted by Gasteiger charge is 2.45. The molecule has 0 heterocycles. The van der Waals surface area contributed by atoms with Crippen molar-refractivity contribution in [2.24, 2.45) is 11.7 Å². The molecule has 0 aliphatic heterocycles. The lowest BCUT2D eigenvalue weighted by Crippen LogP contribution is -2.40. The maximum Gasteiger partial charge on any atom is 0.416 e. The molecule has 1 aromatic rings. The molecule has 5 heteroatoms. The summed E-state index contributed by atoms with van der Waals surface area (Å²) in [6.07, 6.45) is -1.74. The van der Waals surface area contributed by atoms with Crippen LogP contribution in [0.1, 0.15) is 43.7 Å². The van der Waals surface area contributed by atoms with Gasteiger partial charge in [0, 0.05) is 5.92 Å². The number of carbonyl (C=O) groups is 1. The van der Waals surface area contributed by atoms with Gasteiger partial charge in [0.05, 0.1) is 5.56 Å². The summed E-state index contributed by atoms with van der Waals surface area (Å²) in [5, 5.41) is 0. The first kappa shape index (κ1) is 14.9. The molecule has 2 nitrogen and oxygen atoms in total. The number of carbonyl (C=O) groups excluding carboxylic acids is 1. The zero-order valence-corrected chi connectivity index (χ0v) is 11.3. The third-order valence-electron chi connectivity index (χ3n) is 4.30. The second kappa shape index (κ2) is 5.11. The van der Waals surface area contributed by atoms with E-state index in [4.69, 9.17) is 5.73 Å². The third kappa shape index (κ3) is 2.67. The average molecular weight is 285 g/mol. The van der Waals surface area contributed by atoms with Gasteiger partial charge >= 0.3 is 6.18 Å². The number of hydrogen-bond donors (Lipinski definition) is 1. The molecule has 0 bridgehead atoms. The van der Waals surface area contributed by atoms with Crippen LogP contribution in [0.4, 0.5) is 13.2 Å². The van der Waals surface area contributed by atoms with E-state index in [1.807, 2.05) is 0 Å². The van der Waals surface area contributed by atoms with Gasteiger partial charge in [-0.25, -0.2) is 0 Å². The van der Waals surface area contributed by atoms with Crippen molar-refractivity contribution in [2.75, 3.05) is 0 Å². The Morgan fingerprint density at radius 3 is 2.40 bits per heavy atom. The summed E-state index contributed by atoms with van der Waals surface area (Å²) in [6, 6.07) is 5.68. The first-order valence-corrected chi connectivity index (χ1v) is 6.72. The molecule has 1 fully saturated rings. The molecule has 20 heavy (non-hydrogen) atoms. The Balaban J connectivity index is 2.40. The number of rotatable bonds is 4. The fourth-order valence-corrected chi connectivity index (χ4v) is 3.07. The third-order valence-corrected chi connectivity index (χ3v) is 4.30. The second-order valence-corrected chi connectivity index (χ2v) is 5.68. The molecule has 2 N–H and O–H groups in total. The van der Waals surface area contributed by atoms with Crippen molar-refractivity contribution in [1.82, 2.24) is 0 Å². The summed E-state index contributed by atoms with van der Waals surface area (Å²) in [6.45, 7) is 1.68. The van der Waals surface area contributed by atoms with Crippen LogP contribution in [0.15, 0.2) is 24.3 Å². The Morgan fingerprint density at radius 2 is 1.95 bits per heavy atom. The lowest BCUT2D eigenvalue weighted by atomic mass is 9.59. The zero-order valence-electron chi connectivity index (χ0n) is 11.3. The largest absolute Gasteiger partial charge is 0.416 e. The van der Waals surface area contributed by atoms with Crippen molar-refractivity contribution in [3.63, 3.8) is 0 Å². The predicted octanol–water partition coefficient (Wildman–Crippen LogP) is 3.64.